The SMILES string of the molecule is CC.CNc1cccn2ncnc12. The molecule has 0 amide bonds. The Morgan fingerprint density at radius 1 is 1.38 bits per heavy atom. The number of nitrogens with one attached hydrogen (secondary N) is 1. The molecule has 0 spiro atoms. The largest absolute Gasteiger partial charge is 0.385 e. The zero-order chi connectivity index (χ0) is 9.68. The van der Waals surface area contributed by atoms with Crippen LogP contribution in [-0.2, 0) is 0 Å². The molecule has 4 heteroatoms. The van der Waals surface area contributed by atoms with Gasteiger partial charge in [-0.15, -0.1) is 0 Å². The predicted molar refractivity (Wildman–Crippen MR) is 53.9 cm³/mol. The lowest BCUT2D eigenvalue weighted by atomic mass is 10.4. The van der Waals surface area contributed by atoms with Crippen molar-refractivity contribution in [2.24, 2.45) is 0 Å². The molecule has 0 aliphatic carbocycles. The molecular formula is C9H14N4. The molecule has 0 bridgehead atoms. The van der Waals surface area contributed by atoms with Gasteiger partial charge in [0.05, 0.1) is 5.69 Å². The molecular weight excluding hydrogens is 164 g/mol. The summed E-state index contributed by atoms with van der Waals surface area (Å²) in [5.74, 6) is 0. The maximum atomic E-state index is 4.08. The van der Waals surface area contributed by atoms with Gasteiger partial charge >= 0.3 is 0 Å². The number of anilines is 1. The number of aromatic nitrogens is 3. The standard InChI is InChI=1S/C7H8N4.C2H6/c1-8-6-3-2-4-11-7(6)9-5-10-11;1-2/h2-5,8H,1H3;1-2H3. The quantitative estimate of drug-likeness (QED) is 0.724. The second-order valence-corrected chi connectivity index (χ2v) is 2.20. The summed E-state index contributed by atoms with van der Waals surface area (Å²) in [5, 5.41) is 7.03. The Hall–Kier alpha value is -1.58. The molecule has 0 saturated carbocycles. The normalized spacial score (nSPS) is 9.15. The maximum Gasteiger partial charge on any atom is 0.178 e. The third-order valence-corrected chi connectivity index (χ3v) is 1.57. The summed E-state index contributed by atoms with van der Waals surface area (Å²) < 4.78 is 1.73. The minimum Gasteiger partial charge on any atom is -0.385 e. The lowest BCUT2D eigenvalue weighted by Crippen LogP contribution is -1.93. The van der Waals surface area contributed by atoms with Crippen molar-refractivity contribution in [3.8, 4) is 0 Å². The van der Waals surface area contributed by atoms with Gasteiger partial charge in [0.2, 0.25) is 0 Å². The summed E-state index contributed by atoms with van der Waals surface area (Å²) >= 11 is 0. The van der Waals surface area contributed by atoms with Gasteiger partial charge < -0.3 is 5.32 Å². The van der Waals surface area contributed by atoms with E-state index < -0.39 is 0 Å². The first-order valence-corrected chi connectivity index (χ1v) is 4.38. The first-order chi connectivity index (χ1) is 6.42. The van der Waals surface area contributed by atoms with Crippen LogP contribution in [0.4, 0.5) is 5.69 Å². The van der Waals surface area contributed by atoms with Crippen molar-refractivity contribution >= 4 is 11.3 Å². The highest BCUT2D eigenvalue weighted by atomic mass is 15.3. The molecule has 2 aromatic rings. The van der Waals surface area contributed by atoms with Gasteiger partial charge in [0, 0.05) is 13.2 Å². The number of hydrogen-bond donors (Lipinski definition) is 1. The van der Waals surface area contributed by atoms with Crippen LogP contribution >= 0.6 is 0 Å². The van der Waals surface area contributed by atoms with E-state index in [4.69, 9.17) is 0 Å². The minimum absolute atomic E-state index is 0.856. The maximum absolute atomic E-state index is 4.08. The van der Waals surface area contributed by atoms with Crippen molar-refractivity contribution in [2.45, 2.75) is 13.8 Å². The predicted octanol–water partition coefficient (Wildman–Crippen LogP) is 1.80. The van der Waals surface area contributed by atoms with Crippen LogP contribution in [0.25, 0.3) is 5.65 Å². The van der Waals surface area contributed by atoms with Crippen molar-refractivity contribution in [2.75, 3.05) is 12.4 Å². The number of pyridine rings is 1. The van der Waals surface area contributed by atoms with Gasteiger partial charge in [-0.05, 0) is 12.1 Å². The fraction of sp³-hybridized carbons (Fsp3) is 0.333. The van der Waals surface area contributed by atoms with E-state index in [0.29, 0.717) is 0 Å². The van der Waals surface area contributed by atoms with E-state index in [2.05, 4.69) is 15.4 Å². The van der Waals surface area contributed by atoms with Crippen LogP contribution in [0.3, 0.4) is 0 Å². The van der Waals surface area contributed by atoms with Gasteiger partial charge in [0.25, 0.3) is 0 Å². The second kappa shape index (κ2) is 4.45. The third-order valence-electron chi connectivity index (χ3n) is 1.57. The van der Waals surface area contributed by atoms with Gasteiger partial charge in [-0.1, -0.05) is 13.8 Å². The van der Waals surface area contributed by atoms with Crippen LogP contribution in [0, 0.1) is 0 Å². The molecule has 1 N–H and O–H groups in total. The Bertz CT molecular complexity index is 366. The lowest BCUT2D eigenvalue weighted by Gasteiger charge is -1.98. The smallest absolute Gasteiger partial charge is 0.178 e. The highest BCUT2D eigenvalue weighted by Gasteiger charge is 1.98. The fourth-order valence-corrected chi connectivity index (χ4v) is 1.04. The van der Waals surface area contributed by atoms with Gasteiger partial charge in [-0.2, -0.15) is 5.10 Å². The van der Waals surface area contributed by atoms with Crippen LogP contribution in [0.2, 0.25) is 0 Å². The van der Waals surface area contributed by atoms with Gasteiger partial charge in [0.1, 0.15) is 6.33 Å². The van der Waals surface area contributed by atoms with Gasteiger partial charge in [-0.25, -0.2) is 9.50 Å². The van der Waals surface area contributed by atoms with Gasteiger partial charge in [0.15, 0.2) is 5.65 Å². The molecule has 2 heterocycles. The fourth-order valence-electron chi connectivity index (χ4n) is 1.04. The van der Waals surface area contributed by atoms with Crippen molar-refractivity contribution in [1.82, 2.24) is 14.6 Å². The Morgan fingerprint density at radius 2 is 2.15 bits per heavy atom. The van der Waals surface area contributed by atoms with Crippen molar-refractivity contribution in [3.63, 3.8) is 0 Å². The molecule has 0 atom stereocenters. The summed E-state index contributed by atoms with van der Waals surface area (Å²) in [5.41, 5.74) is 1.85. The average Bonchev–Trinajstić information content (AvgIpc) is 2.68. The van der Waals surface area contributed by atoms with Crippen LogP contribution in [0.5, 0.6) is 0 Å². The monoisotopic (exact) mass is 178 g/mol. The molecule has 70 valence electrons. The number of nitrogens with zero attached hydrogens (tertiary/aromatic N) is 3. The van der Waals surface area contributed by atoms with E-state index in [1.54, 1.807) is 4.52 Å². The lowest BCUT2D eigenvalue weighted by molar-refractivity contribution is 0.961. The number of hydrogen-bond acceptors (Lipinski definition) is 3. The van der Waals surface area contributed by atoms with Crippen molar-refractivity contribution in [3.05, 3.63) is 24.7 Å². The molecule has 0 aromatic carbocycles. The van der Waals surface area contributed by atoms with E-state index in [0.717, 1.165) is 11.3 Å². The van der Waals surface area contributed by atoms with E-state index in [1.807, 2.05) is 39.2 Å². The molecule has 0 radical (unpaired) electrons. The molecule has 0 fully saturated rings. The van der Waals surface area contributed by atoms with Crippen LogP contribution in [0.1, 0.15) is 13.8 Å². The topological polar surface area (TPSA) is 42.2 Å². The Labute approximate surface area is 77.6 Å². The van der Waals surface area contributed by atoms with E-state index in [-0.39, 0.29) is 0 Å². The number of rotatable bonds is 1. The first-order valence-electron chi connectivity index (χ1n) is 4.38. The Kier molecular flexibility index (Phi) is 3.25. The Morgan fingerprint density at radius 3 is 2.85 bits per heavy atom. The van der Waals surface area contributed by atoms with Crippen LogP contribution in [-0.4, -0.2) is 21.6 Å². The summed E-state index contributed by atoms with van der Waals surface area (Å²) in [7, 11) is 1.87. The first kappa shape index (κ1) is 9.51. The van der Waals surface area contributed by atoms with E-state index in [9.17, 15) is 0 Å². The zero-order valence-electron chi connectivity index (χ0n) is 8.15. The summed E-state index contributed by atoms with van der Waals surface area (Å²) in [4.78, 5) is 4.08. The zero-order valence-corrected chi connectivity index (χ0v) is 8.15. The second-order valence-electron chi connectivity index (χ2n) is 2.20. The molecule has 4 nitrogen and oxygen atoms in total. The third kappa shape index (κ3) is 1.77. The molecule has 0 aliphatic heterocycles. The molecule has 13 heavy (non-hydrogen) atoms. The van der Waals surface area contributed by atoms with Crippen molar-refractivity contribution < 1.29 is 0 Å². The number of fused-ring (bicyclic) bond motifs is 1. The highest BCUT2D eigenvalue weighted by Crippen LogP contribution is 2.11. The van der Waals surface area contributed by atoms with Crippen LogP contribution in [0.15, 0.2) is 24.7 Å². The van der Waals surface area contributed by atoms with E-state index in [1.165, 1.54) is 6.33 Å². The molecule has 0 aliphatic rings. The summed E-state index contributed by atoms with van der Waals surface area (Å²) in [6.45, 7) is 4.00. The summed E-state index contributed by atoms with van der Waals surface area (Å²) in [6.07, 6.45) is 3.40. The van der Waals surface area contributed by atoms with Crippen LogP contribution < -0.4 is 5.32 Å². The average molecular weight is 178 g/mol. The highest BCUT2D eigenvalue weighted by molar-refractivity contribution is 5.65. The molecule has 2 rings (SSSR count). The summed E-state index contributed by atoms with van der Waals surface area (Å²) in [6, 6.07) is 3.89. The molecule has 0 saturated heterocycles. The van der Waals surface area contributed by atoms with E-state index >= 15 is 0 Å². The molecule has 0 unspecified atom stereocenters. The van der Waals surface area contributed by atoms with Gasteiger partial charge in [-0.3, -0.25) is 0 Å². The Balaban J connectivity index is 0.000000396. The van der Waals surface area contributed by atoms with Crippen molar-refractivity contribution in [1.29, 1.82) is 0 Å². The molecule has 2 aromatic heterocycles. The minimum atomic E-state index is 0.856.